The molecule has 108 valence electrons. The summed E-state index contributed by atoms with van der Waals surface area (Å²) in [5.41, 5.74) is 0.600. The summed E-state index contributed by atoms with van der Waals surface area (Å²) in [4.78, 5) is 0. The molecule has 2 aromatic rings. The summed E-state index contributed by atoms with van der Waals surface area (Å²) < 4.78 is 0. The van der Waals surface area contributed by atoms with Crippen molar-refractivity contribution in [2.75, 3.05) is 0 Å². The molecule has 1 atom stereocenters. The fraction of sp³-hybridized carbons (Fsp3) is 0.500. The molecule has 0 saturated heterocycles. The van der Waals surface area contributed by atoms with Crippen LogP contribution in [0.5, 0.6) is 0 Å². The first-order valence-electron chi connectivity index (χ1n) is 6.81. The number of benzene rings is 1. The first-order chi connectivity index (χ1) is 9.54. The smallest absolute Gasteiger partial charge is 0.179 e. The van der Waals surface area contributed by atoms with E-state index in [-0.39, 0.29) is 0 Å². The minimum Gasteiger partial charge on any atom is -0.385 e. The molecule has 1 unspecified atom stereocenters. The lowest BCUT2D eigenvalue weighted by Gasteiger charge is -2.26. The van der Waals surface area contributed by atoms with Crippen LogP contribution in [-0.2, 0) is 5.60 Å². The van der Waals surface area contributed by atoms with Gasteiger partial charge in [-0.05, 0) is 41.5 Å². The van der Waals surface area contributed by atoms with Crippen molar-refractivity contribution in [2.45, 2.75) is 45.1 Å². The zero-order valence-electron chi connectivity index (χ0n) is 11.7. The number of unbranched alkanes of at least 4 members (excludes halogenated alkanes) is 2. The summed E-state index contributed by atoms with van der Waals surface area (Å²) in [7, 11) is 0. The molecule has 2 rings (SSSR count). The van der Waals surface area contributed by atoms with Crippen LogP contribution >= 0.6 is 11.6 Å². The van der Waals surface area contributed by atoms with Crippen molar-refractivity contribution in [1.82, 2.24) is 20.6 Å². The van der Waals surface area contributed by atoms with Gasteiger partial charge < -0.3 is 5.11 Å². The van der Waals surface area contributed by atoms with Gasteiger partial charge in [0.15, 0.2) is 5.82 Å². The van der Waals surface area contributed by atoms with Gasteiger partial charge >= 0.3 is 0 Å². The van der Waals surface area contributed by atoms with Crippen LogP contribution in [0.3, 0.4) is 0 Å². The third-order valence-electron chi connectivity index (χ3n) is 3.43. The van der Waals surface area contributed by atoms with E-state index >= 15 is 0 Å². The van der Waals surface area contributed by atoms with Gasteiger partial charge in [-0.2, -0.15) is 0 Å². The maximum atomic E-state index is 10.8. The summed E-state index contributed by atoms with van der Waals surface area (Å²) in [5.74, 6) is 0.512. The van der Waals surface area contributed by atoms with Gasteiger partial charge in [0.1, 0.15) is 0 Å². The van der Waals surface area contributed by atoms with Gasteiger partial charge in [-0.3, -0.25) is 0 Å². The highest BCUT2D eigenvalue weighted by atomic mass is 35.5. The summed E-state index contributed by atoms with van der Waals surface area (Å²) in [6.45, 7) is 3.96. The minimum absolute atomic E-state index is 0.512. The third kappa shape index (κ3) is 3.35. The number of tetrazole rings is 1. The number of aliphatic hydroxyl groups is 1. The van der Waals surface area contributed by atoms with Gasteiger partial charge in [0.25, 0.3) is 0 Å². The SMILES string of the molecule is CCCCCC(C)(O)c1ccc(Cl)cc1-c1nnn[nH]1. The van der Waals surface area contributed by atoms with E-state index in [0.717, 1.165) is 30.4 Å². The number of H-pyrrole nitrogens is 1. The highest BCUT2D eigenvalue weighted by Gasteiger charge is 2.27. The van der Waals surface area contributed by atoms with Gasteiger partial charge in [0, 0.05) is 10.6 Å². The quantitative estimate of drug-likeness (QED) is 0.802. The number of hydrogen-bond acceptors (Lipinski definition) is 4. The predicted octanol–water partition coefficient (Wildman–Crippen LogP) is 3.31. The number of nitrogens with one attached hydrogen (secondary N) is 1. The molecule has 0 aliphatic heterocycles. The number of rotatable bonds is 6. The number of hydrogen-bond donors (Lipinski definition) is 2. The molecule has 6 heteroatoms. The van der Waals surface area contributed by atoms with Crippen LogP contribution in [0.15, 0.2) is 18.2 Å². The van der Waals surface area contributed by atoms with Gasteiger partial charge in [0.2, 0.25) is 0 Å². The molecule has 2 N–H and O–H groups in total. The maximum absolute atomic E-state index is 10.8. The number of aromatic nitrogens is 4. The summed E-state index contributed by atoms with van der Waals surface area (Å²) >= 11 is 6.05. The predicted molar refractivity (Wildman–Crippen MR) is 78.3 cm³/mol. The zero-order valence-corrected chi connectivity index (χ0v) is 12.5. The van der Waals surface area contributed by atoms with Crippen LogP contribution in [0.4, 0.5) is 0 Å². The molecule has 20 heavy (non-hydrogen) atoms. The van der Waals surface area contributed by atoms with E-state index in [1.54, 1.807) is 12.1 Å². The molecule has 1 aromatic heterocycles. The van der Waals surface area contributed by atoms with Crippen LogP contribution in [0, 0.1) is 0 Å². The lowest BCUT2D eigenvalue weighted by Crippen LogP contribution is -2.22. The molecule has 0 fully saturated rings. The summed E-state index contributed by atoms with van der Waals surface area (Å²) in [6, 6.07) is 5.39. The molecule has 5 nitrogen and oxygen atoms in total. The Kier molecular flexibility index (Phi) is 4.73. The van der Waals surface area contributed by atoms with Crippen LogP contribution < -0.4 is 0 Å². The lowest BCUT2D eigenvalue weighted by atomic mass is 9.86. The van der Waals surface area contributed by atoms with Crippen molar-refractivity contribution in [2.24, 2.45) is 0 Å². The van der Waals surface area contributed by atoms with E-state index in [9.17, 15) is 5.11 Å². The van der Waals surface area contributed by atoms with E-state index in [2.05, 4.69) is 27.5 Å². The second-order valence-corrected chi connectivity index (χ2v) is 5.61. The highest BCUT2D eigenvalue weighted by Crippen LogP contribution is 2.35. The van der Waals surface area contributed by atoms with Gasteiger partial charge in [-0.1, -0.05) is 43.9 Å². The minimum atomic E-state index is -0.929. The molecule has 0 saturated carbocycles. The van der Waals surface area contributed by atoms with Gasteiger partial charge in [-0.25, -0.2) is 5.10 Å². The van der Waals surface area contributed by atoms with E-state index in [0.29, 0.717) is 17.3 Å². The van der Waals surface area contributed by atoms with Crippen molar-refractivity contribution in [1.29, 1.82) is 0 Å². The Labute approximate surface area is 123 Å². The Morgan fingerprint density at radius 1 is 1.35 bits per heavy atom. The molecule has 0 radical (unpaired) electrons. The fourth-order valence-corrected chi connectivity index (χ4v) is 2.48. The van der Waals surface area contributed by atoms with Crippen LogP contribution in [0.25, 0.3) is 11.4 Å². The average molecular weight is 295 g/mol. The molecule has 0 aliphatic carbocycles. The topological polar surface area (TPSA) is 74.7 Å². The standard InChI is InChI=1S/C14H19ClN4O/c1-3-4-5-8-14(2,20)12-7-6-10(15)9-11(12)13-16-18-19-17-13/h6-7,9,20H,3-5,8H2,1-2H3,(H,16,17,18,19). The third-order valence-corrected chi connectivity index (χ3v) is 3.66. The van der Waals surface area contributed by atoms with Crippen LogP contribution in [0.1, 0.15) is 45.1 Å². The molecule has 0 aliphatic rings. The molecular weight excluding hydrogens is 276 g/mol. The van der Waals surface area contributed by atoms with Crippen molar-refractivity contribution >= 4 is 11.6 Å². The fourth-order valence-electron chi connectivity index (χ4n) is 2.31. The Balaban J connectivity index is 2.35. The molecular formula is C14H19ClN4O. The Morgan fingerprint density at radius 3 is 2.80 bits per heavy atom. The van der Waals surface area contributed by atoms with E-state index in [1.165, 1.54) is 0 Å². The van der Waals surface area contributed by atoms with E-state index < -0.39 is 5.60 Å². The number of nitrogens with zero attached hydrogens (tertiary/aromatic N) is 3. The maximum Gasteiger partial charge on any atom is 0.179 e. The first kappa shape index (κ1) is 14.9. The Bertz CT molecular complexity index is 554. The van der Waals surface area contributed by atoms with Gasteiger partial charge in [-0.15, -0.1) is 5.10 Å². The number of aromatic amines is 1. The molecule has 0 bridgehead atoms. The van der Waals surface area contributed by atoms with E-state index in [4.69, 9.17) is 11.6 Å². The molecule has 0 amide bonds. The summed E-state index contributed by atoms with van der Waals surface area (Å²) in [6.07, 6.45) is 3.88. The molecule has 0 spiro atoms. The monoisotopic (exact) mass is 294 g/mol. The van der Waals surface area contributed by atoms with Crippen LogP contribution in [0.2, 0.25) is 5.02 Å². The Morgan fingerprint density at radius 2 is 2.15 bits per heavy atom. The largest absolute Gasteiger partial charge is 0.385 e. The van der Waals surface area contributed by atoms with Crippen molar-refractivity contribution in [3.63, 3.8) is 0 Å². The lowest BCUT2D eigenvalue weighted by molar-refractivity contribution is 0.0455. The second kappa shape index (κ2) is 6.33. The highest BCUT2D eigenvalue weighted by molar-refractivity contribution is 6.30. The number of halogens is 1. The summed E-state index contributed by atoms with van der Waals surface area (Å²) in [5, 5.41) is 25.1. The van der Waals surface area contributed by atoms with E-state index in [1.807, 2.05) is 13.0 Å². The second-order valence-electron chi connectivity index (χ2n) is 5.17. The molecule has 1 aromatic carbocycles. The zero-order chi connectivity index (χ0) is 14.6. The molecule has 1 heterocycles. The van der Waals surface area contributed by atoms with Crippen LogP contribution in [-0.4, -0.2) is 25.7 Å². The van der Waals surface area contributed by atoms with Crippen molar-refractivity contribution in [3.05, 3.63) is 28.8 Å². The van der Waals surface area contributed by atoms with Gasteiger partial charge in [0.05, 0.1) is 5.60 Å². The average Bonchev–Trinajstić information content (AvgIpc) is 2.92. The normalized spacial score (nSPS) is 14.2. The van der Waals surface area contributed by atoms with Crippen molar-refractivity contribution < 1.29 is 5.11 Å². The van der Waals surface area contributed by atoms with Crippen molar-refractivity contribution in [3.8, 4) is 11.4 Å². The Hall–Kier alpha value is -1.46. The first-order valence-corrected chi connectivity index (χ1v) is 7.19.